The van der Waals surface area contributed by atoms with Gasteiger partial charge >= 0.3 is 0 Å². The summed E-state index contributed by atoms with van der Waals surface area (Å²) in [6.45, 7) is 7.97. The maximum atomic E-state index is 5.36. The molecule has 1 unspecified atom stereocenters. The molecule has 9 heavy (non-hydrogen) atoms. The molecule has 0 bridgehead atoms. The van der Waals surface area contributed by atoms with Gasteiger partial charge in [-0.05, 0) is 13.3 Å². The van der Waals surface area contributed by atoms with Crippen LogP contribution in [-0.4, -0.2) is 16.3 Å². The molecule has 0 aliphatic heterocycles. The molecule has 1 atom stereocenters. The third-order valence-electron chi connectivity index (χ3n) is 1.10. The van der Waals surface area contributed by atoms with Crippen molar-refractivity contribution in [3.05, 3.63) is 12.0 Å². The van der Waals surface area contributed by atoms with Crippen molar-refractivity contribution in [3.63, 3.8) is 0 Å². The van der Waals surface area contributed by atoms with Crippen LogP contribution >= 0.6 is 0 Å². The summed E-state index contributed by atoms with van der Waals surface area (Å²) in [6.07, 6.45) is 2.71. The molecule has 0 saturated carbocycles. The SMILES string of the molecule is C=C([SiH3])OC(C)CCC. The predicted octanol–water partition coefficient (Wildman–Crippen LogP) is 1.03. The summed E-state index contributed by atoms with van der Waals surface area (Å²) < 4.78 is 5.36. The molecule has 0 spiro atoms. The second-order valence-electron chi connectivity index (χ2n) is 2.42. The molecule has 0 heterocycles. The van der Waals surface area contributed by atoms with Gasteiger partial charge in [0.25, 0.3) is 0 Å². The Kier molecular flexibility index (Phi) is 4.49. The first-order valence-corrected chi connectivity index (χ1v) is 4.49. The van der Waals surface area contributed by atoms with Gasteiger partial charge in [-0.1, -0.05) is 19.9 Å². The van der Waals surface area contributed by atoms with Crippen molar-refractivity contribution < 1.29 is 4.74 Å². The maximum Gasteiger partial charge on any atom is 0.0947 e. The van der Waals surface area contributed by atoms with Crippen molar-refractivity contribution in [1.29, 1.82) is 0 Å². The Morgan fingerprint density at radius 2 is 2.33 bits per heavy atom. The fourth-order valence-corrected chi connectivity index (χ4v) is 1.21. The highest BCUT2D eigenvalue weighted by atomic mass is 28.1. The van der Waals surface area contributed by atoms with Gasteiger partial charge in [-0.25, -0.2) is 0 Å². The molecule has 0 aliphatic carbocycles. The van der Waals surface area contributed by atoms with Crippen molar-refractivity contribution in [2.45, 2.75) is 32.8 Å². The minimum absolute atomic E-state index is 0.375. The molecule has 0 aromatic heterocycles. The van der Waals surface area contributed by atoms with Crippen LogP contribution < -0.4 is 0 Å². The molecule has 0 aliphatic rings. The van der Waals surface area contributed by atoms with Gasteiger partial charge in [-0.3, -0.25) is 0 Å². The van der Waals surface area contributed by atoms with Crippen molar-refractivity contribution in [3.8, 4) is 0 Å². The molecular formula is C7H16OSi. The van der Waals surface area contributed by atoms with Gasteiger partial charge in [0.2, 0.25) is 0 Å². The lowest BCUT2D eigenvalue weighted by Gasteiger charge is -2.12. The lowest BCUT2D eigenvalue weighted by Crippen LogP contribution is -2.06. The lowest BCUT2D eigenvalue weighted by molar-refractivity contribution is 0.142. The van der Waals surface area contributed by atoms with Gasteiger partial charge in [0.05, 0.1) is 21.7 Å². The summed E-state index contributed by atoms with van der Waals surface area (Å²) in [6, 6.07) is 0. The van der Waals surface area contributed by atoms with Crippen LogP contribution in [0.25, 0.3) is 0 Å². The Hall–Kier alpha value is -0.243. The summed E-state index contributed by atoms with van der Waals surface area (Å²) in [5, 5.41) is 0.955. The molecule has 0 saturated heterocycles. The summed E-state index contributed by atoms with van der Waals surface area (Å²) >= 11 is 0. The first kappa shape index (κ1) is 8.76. The van der Waals surface area contributed by atoms with E-state index >= 15 is 0 Å². The third-order valence-corrected chi connectivity index (χ3v) is 1.33. The Morgan fingerprint density at radius 3 is 2.67 bits per heavy atom. The van der Waals surface area contributed by atoms with Crippen LogP contribution in [0, 0.1) is 0 Å². The average Bonchev–Trinajstić information content (AvgIpc) is 1.63. The fraction of sp³-hybridized carbons (Fsp3) is 0.714. The van der Waals surface area contributed by atoms with Gasteiger partial charge in [0.1, 0.15) is 0 Å². The zero-order valence-electron chi connectivity index (χ0n) is 6.61. The highest BCUT2D eigenvalue weighted by Gasteiger charge is 1.98. The molecule has 0 amide bonds. The van der Waals surface area contributed by atoms with E-state index in [0.29, 0.717) is 6.10 Å². The molecule has 54 valence electrons. The topological polar surface area (TPSA) is 9.23 Å². The molecule has 2 heteroatoms. The quantitative estimate of drug-likeness (QED) is 0.423. The largest absolute Gasteiger partial charge is 0.502 e. The second kappa shape index (κ2) is 4.62. The molecule has 0 radical (unpaired) electrons. The van der Waals surface area contributed by atoms with Crippen LogP contribution in [0.5, 0.6) is 0 Å². The Balaban J connectivity index is 3.26. The van der Waals surface area contributed by atoms with E-state index in [-0.39, 0.29) is 0 Å². The van der Waals surface area contributed by atoms with Crippen molar-refractivity contribution in [2.24, 2.45) is 0 Å². The van der Waals surface area contributed by atoms with Crippen LogP contribution in [0.1, 0.15) is 26.7 Å². The zero-order valence-corrected chi connectivity index (χ0v) is 8.61. The minimum atomic E-state index is 0.375. The van der Waals surface area contributed by atoms with E-state index in [1.807, 2.05) is 0 Å². The van der Waals surface area contributed by atoms with Crippen LogP contribution in [0.4, 0.5) is 0 Å². The molecular weight excluding hydrogens is 128 g/mol. The van der Waals surface area contributed by atoms with Gasteiger partial charge in [-0.15, -0.1) is 0 Å². The maximum absolute atomic E-state index is 5.36. The normalized spacial score (nSPS) is 13.1. The Labute approximate surface area is 60.5 Å². The second-order valence-corrected chi connectivity index (χ2v) is 3.53. The molecule has 1 nitrogen and oxygen atoms in total. The third kappa shape index (κ3) is 5.63. The summed E-state index contributed by atoms with van der Waals surface area (Å²) in [4.78, 5) is 0. The predicted molar refractivity (Wildman–Crippen MR) is 44.5 cm³/mol. The van der Waals surface area contributed by atoms with Crippen LogP contribution in [0.15, 0.2) is 12.0 Å². The van der Waals surface area contributed by atoms with E-state index in [2.05, 4.69) is 20.4 Å². The number of hydrogen-bond acceptors (Lipinski definition) is 1. The smallest absolute Gasteiger partial charge is 0.0947 e. The summed E-state index contributed by atoms with van der Waals surface area (Å²) in [7, 11) is 0.957. The van der Waals surface area contributed by atoms with Crippen molar-refractivity contribution in [2.75, 3.05) is 0 Å². The Bertz CT molecular complexity index is 90.9. The van der Waals surface area contributed by atoms with Crippen molar-refractivity contribution >= 4 is 10.2 Å². The number of ether oxygens (including phenoxy) is 1. The van der Waals surface area contributed by atoms with E-state index in [1.165, 1.54) is 6.42 Å². The molecule has 0 rings (SSSR count). The van der Waals surface area contributed by atoms with E-state index < -0.39 is 0 Å². The van der Waals surface area contributed by atoms with Crippen LogP contribution in [0.3, 0.4) is 0 Å². The first-order valence-electron chi connectivity index (χ1n) is 3.49. The minimum Gasteiger partial charge on any atom is -0.502 e. The highest BCUT2D eigenvalue weighted by Crippen LogP contribution is 2.02. The van der Waals surface area contributed by atoms with E-state index in [9.17, 15) is 0 Å². The van der Waals surface area contributed by atoms with Crippen LogP contribution in [-0.2, 0) is 4.74 Å². The Morgan fingerprint density at radius 1 is 1.78 bits per heavy atom. The molecule has 0 fully saturated rings. The van der Waals surface area contributed by atoms with Gasteiger partial charge in [-0.2, -0.15) is 0 Å². The fourth-order valence-electron chi connectivity index (χ4n) is 0.809. The van der Waals surface area contributed by atoms with Crippen LogP contribution in [0.2, 0.25) is 0 Å². The summed E-state index contributed by atoms with van der Waals surface area (Å²) in [5.74, 6) is 0. The van der Waals surface area contributed by atoms with Gasteiger partial charge < -0.3 is 4.74 Å². The zero-order chi connectivity index (χ0) is 7.28. The molecule has 0 N–H and O–H groups in total. The molecule has 0 aromatic rings. The average molecular weight is 144 g/mol. The number of rotatable bonds is 4. The van der Waals surface area contributed by atoms with Gasteiger partial charge in [0.15, 0.2) is 0 Å². The number of hydrogen-bond donors (Lipinski definition) is 0. The van der Waals surface area contributed by atoms with E-state index in [4.69, 9.17) is 4.74 Å². The standard InChI is InChI=1S/C7H16OSi/c1-4-5-6(2)8-7(3)9/h6H,3-5H2,1-2,9H3. The van der Waals surface area contributed by atoms with Crippen molar-refractivity contribution in [1.82, 2.24) is 0 Å². The molecule has 0 aromatic carbocycles. The van der Waals surface area contributed by atoms with E-state index in [0.717, 1.165) is 22.0 Å². The van der Waals surface area contributed by atoms with E-state index in [1.54, 1.807) is 0 Å². The first-order chi connectivity index (χ1) is 4.16. The monoisotopic (exact) mass is 144 g/mol. The summed E-state index contributed by atoms with van der Waals surface area (Å²) in [5.41, 5.74) is 0. The highest BCUT2D eigenvalue weighted by molar-refractivity contribution is 6.19. The lowest BCUT2D eigenvalue weighted by atomic mass is 10.2. The van der Waals surface area contributed by atoms with Gasteiger partial charge in [0, 0.05) is 0 Å².